The highest BCUT2D eigenvalue weighted by atomic mass is 32.2. The third-order valence-corrected chi connectivity index (χ3v) is 14.7. The van der Waals surface area contributed by atoms with E-state index in [9.17, 15) is 32.7 Å². The molecule has 3 saturated heterocycles. The lowest BCUT2D eigenvalue weighted by atomic mass is 9.73. The summed E-state index contributed by atoms with van der Waals surface area (Å²) in [5.74, 6) is -5.59. The molecule has 1 amide bonds. The van der Waals surface area contributed by atoms with Gasteiger partial charge < -0.3 is 38.6 Å². The number of ether oxygens (including phenoxy) is 5. The molecule has 3 heterocycles. The van der Waals surface area contributed by atoms with Crippen molar-refractivity contribution < 1.29 is 56.4 Å². The molecule has 13 atom stereocenters. The van der Waals surface area contributed by atoms with Gasteiger partial charge >= 0.3 is 12.1 Å². The predicted molar refractivity (Wildman–Crippen MR) is 213 cm³/mol. The van der Waals surface area contributed by atoms with Crippen molar-refractivity contribution in [3.63, 3.8) is 0 Å². The van der Waals surface area contributed by atoms with Gasteiger partial charge in [-0.2, -0.15) is 0 Å². The van der Waals surface area contributed by atoms with Gasteiger partial charge in [0.15, 0.2) is 27.5 Å². The second-order valence-corrected chi connectivity index (χ2v) is 19.7. The van der Waals surface area contributed by atoms with Crippen molar-refractivity contribution in [2.45, 2.75) is 153 Å². The number of hydrogen-bond acceptors (Lipinski definition) is 13. The van der Waals surface area contributed by atoms with E-state index < -0.39 is 92.0 Å². The van der Waals surface area contributed by atoms with Gasteiger partial charge in [0.2, 0.25) is 4.75 Å². The normalized spacial score (nSPS) is 38.7. The average molecular weight is 823 g/mol. The van der Waals surface area contributed by atoms with Crippen molar-refractivity contribution in [3.8, 4) is 0 Å². The van der Waals surface area contributed by atoms with Crippen molar-refractivity contribution in [3.05, 3.63) is 35.9 Å². The number of aryl methyl sites for hydroxylation is 1. The third-order valence-electron chi connectivity index (χ3n) is 12.9. The SMILES string of the molecule is CC[C@H]1OC(=O)C(C)(S(C)(=O)=O)C(=O)[C@H](C)[C@@H](OC2O[C@H](C)C[C@H](N(C)C)[C@H]2O)[C@@](C)(OC)C[C@@H](C)C(=O)[C@H](C)C2N(CCCCc3ccccc3)C(=O)OC21C. The average Bonchev–Trinajstić information content (AvgIpc) is 3.41. The first-order valence-electron chi connectivity index (χ1n) is 20.2. The maximum atomic E-state index is 14.8. The predicted octanol–water partition coefficient (Wildman–Crippen LogP) is 4.38. The van der Waals surface area contributed by atoms with Crippen LogP contribution >= 0.6 is 0 Å². The van der Waals surface area contributed by atoms with Gasteiger partial charge in [-0.05, 0) is 85.9 Å². The maximum Gasteiger partial charge on any atom is 0.410 e. The van der Waals surface area contributed by atoms with Gasteiger partial charge in [0.1, 0.15) is 18.0 Å². The van der Waals surface area contributed by atoms with Crippen LogP contribution in [0.2, 0.25) is 0 Å². The fourth-order valence-electron chi connectivity index (χ4n) is 9.31. The number of nitrogens with zero attached hydrogens (tertiary/aromatic N) is 2. The van der Waals surface area contributed by atoms with Crippen molar-refractivity contribution in [1.82, 2.24) is 9.80 Å². The highest BCUT2D eigenvalue weighted by molar-refractivity contribution is 7.93. The Morgan fingerprint density at radius 1 is 0.982 bits per heavy atom. The van der Waals surface area contributed by atoms with Crippen LogP contribution in [-0.2, 0) is 54.3 Å². The molecule has 57 heavy (non-hydrogen) atoms. The number of sulfone groups is 1. The lowest BCUT2D eigenvalue weighted by Crippen LogP contribution is -2.63. The molecule has 0 aromatic heterocycles. The number of carbonyl (C=O) groups is 4. The number of methoxy groups -OCH3 is 1. The van der Waals surface area contributed by atoms with Crippen molar-refractivity contribution in [2.24, 2.45) is 17.8 Å². The summed E-state index contributed by atoms with van der Waals surface area (Å²) in [7, 11) is 0.485. The van der Waals surface area contributed by atoms with E-state index in [0.29, 0.717) is 12.8 Å². The number of aliphatic hydroxyl groups is 1. The molecule has 4 rings (SSSR count). The van der Waals surface area contributed by atoms with Gasteiger partial charge in [-0.25, -0.2) is 18.0 Å². The van der Waals surface area contributed by atoms with Crippen LogP contribution in [0.1, 0.15) is 93.1 Å². The van der Waals surface area contributed by atoms with E-state index in [1.165, 1.54) is 18.9 Å². The van der Waals surface area contributed by atoms with E-state index in [2.05, 4.69) is 0 Å². The molecule has 1 aromatic carbocycles. The largest absolute Gasteiger partial charge is 0.457 e. The molecule has 0 aliphatic carbocycles. The van der Waals surface area contributed by atoms with Crippen LogP contribution in [-0.4, -0.2) is 140 Å². The molecule has 1 N–H and O–H groups in total. The molecule has 14 nitrogen and oxygen atoms in total. The standard InChI is InChI=1S/C42H66N2O12S/c1-13-31-41(7)34(44(39(49)56-41)22-18-17-21-29-19-15-14-16-20-29)27(4)32(45)25(2)24-40(6,52-11)36(55-37-33(46)30(43(9)10)23-26(3)53-37)28(5)35(47)42(8,38(48)54-31)57(12,50)51/h14-16,19-20,25-28,30-31,33-34,36-37,46H,13,17-18,21-24H2,1-12H3/t25-,26-,27+,28+,30+,31-,33-,34?,36-,37?,40+,41?,42?/m1/s1. The zero-order chi connectivity index (χ0) is 42.8. The van der Waals surface area contributed by atoms with Gasteiger partial charge in [-0.15, -0.1) is 0 Å². The summed E-state index contributed by atoms with van der Waals surface area (Å²) in [6.45, 7) is 12.9. The Kier molecular flexibility index (Phi) is 14.9. The molecule has 0 spiro atoms. The second kappa shape index (κ2) is 18.1. The second-order valence-electron chi connectivity index (χ2n) is 17.3. The number of amides is 1. The number of hydrogen-bond donors (Lipinski definition) is 1. The minimum atomic E-state index is -4.55. The minimum Gasteiger partial charge on any atom is -0.457 e. The van der Waals surface area contributed by atoms with Crippen LogP contribution in [0.4, 0.5) is 4.79 Å². The first kappa shape index (κ1) is 46.7. The summed E-state index contributed by atoms with van der Waals surface area (Å²) in [6, 6.07) is 8.64. The third kappa shape index (κ3) is 9.28. The van der Waals surface area contributed by atoms with Crippen LogP contribution in [0.25, 0.3) is 0 Å². The molecule has 0 radical (unpaired) electrons. The summed E-state index contributed by atoms with van der Waals surface area (Å²) in [4.78, 5) is 61.2. The van der Waals surface area contributed by atoms with E-state index >= 15 is 0 Å². The highest BCUT2D eigenvalue weighted by Gasteiger charge is 2.63. The van der Waals surface area contributed by atoms with Crippen LogP contribution in [0.5, 0.6) is 0 Å². The Labute approximate surface area is 339 Å². The Hall–Kier alpha value is -2.95. The van der Waals surface area contributed by atoms with Crippen LogP contribution in [0.15, 0.2) is 30.3 Å². The van der Waals surface area contributed by atoms with Crippen LogP contribution in [0, 0.1) is 17.8 Å². The first-order valence-corrected chi connectivity index (χ1v) is 22.1. The molecular formula is C42H66N2O12S. The van der Waals surface area contributed by atoms with Crippen LogP contribution in [0.3, 0.4) is 0 Å². The number of rotatable bonds is 11. The molecule has 0 saturated carbocycles. The fourth-order valence-corrected chi connectivity index (χ4v) is 10.2. The zero-order valence-electron chi connectivity index (χ0n) is 35.9. The summed E-state index contributed by atoms with van der Waals surface area (Å²) >= 11 is 0. The number of esters is 1. The summed E-state index contributed by atoms with van der Waals surface area (Å²) in [5, 5.41) is 11.5. The quantitative estimate of drug-likeness (QED) is 0.189. The monoisotopic (exact) mass is 822 g/mol. The van der Waals surface area contributed by atoms with E-state index in [1.807, 2.05) is 56.3 Å². The molecule has 322 valence electrons. The van der Waals surface area contributed by atoms with Gasteiger partial charge in [0.25, 0.3) is 0 Å². The maximum absolute atomic E-state index is 14.8. The number of benzene rings is 1. The number of cyclic esters (lactones) is 1. The van der Waals surface area contributed by atoms with E-state index in [-0.39, 0.29) is 37.3 Å². The number of fused-ring (bicyclic) bond motifs is 1. The van der Waals surface area contributed by atoms with Gasteiger partial charge in [0, 0.05) is 43.7 Å². The summed E-state index contributed by atoms with van der Waals surface area (Å²) in [6.07, 6.45) is -2.63. The Balaban J connectivity index is 1.84. The Bertz CT molecular complexity index is 1710. The highest BCUT2D eigenvalue weighted by Crippen LogP contribution is 2.44. The molecular weight excluding hydrogens is 757 g/mol. The topological polar surface area (TPSA) is 175 Å². The molecule has 15 heteroatoms. The number of carbonyl (C=O) groups excluding carboxylic acids is 4. The molecule has 4 unspecified atom stereocenters. The smallest absolute Gasteiger partial charge is 0.410 e. The number of Topliss-reactive ketones (excluding diaryl/α,β-unsaturated/α-hetero) is 2. The van der Waals surface area contributed by atoms with Crippen molar-refractivity contribution in [2.75, 3.05) is 34.0 Å². The number of unbranched alkanes of at least 4 members (excludes halogenated alkanes) is 1. The van der Waals surface area contributed by atoms with E-state index in [0.717, 1.165) is 31.6 Å². The Morgan fingerprint density at radius 2 is 1.61 bits per heavy atom. The zero-order valence-corrected chi connectivity index (χ0v) is 36.7. The Morgan fingerprint density at radius 3 is 2.18 bits per heavy atom. The minimum absolute atomic E-state index is 0.0169. The van der Waals surface area contributed by atoms with Gasteiger partial charge in [0.05, 0.1) is 23.9 Å². The number of aliphatic hydroxyl groups excluding tert-OH is 1. The van der Waals surface area contributed by atoms with E-state index in [4.69, 9.17) is 23.7 Å². The lowest BCUT2D eigenvalue weighted by molar-refractivity contribution is -0.295. The molecule has 3 fully saturated rings. The number of ketones is 2. The molecule has 1 aromatic rings. The lowest BCUT2D eigenvalue weighted by Gasteiger charge is -2.47. The molecule has 0 bridgehead atoms. The number of likely N-dealkylation sites (N-methyl/N-ethyl adjacent to an activating group) is 1. The first-order chi connectivity index (χ1) is 26.5. The van der Waals surface area contributed by atoms with Gasteiger partial charge in [-0.3, -0.25) is 9.59 Å². The van der Waals surface area contributed by atoms with Crippen molar-refractivity contribution in [1.29, 1.82) is 0 Å². The van der Waals surface area contributed by atoms with E-state index in [1.54, 1.807) is 34.6 Å². The molecule has 3 aliphatic heterocycles. The fraction of sp³-hybridized carbons (Fsp3) is 0.762. The summed E-state index contributed by atoms with van der Waals surface area (Å²) < 4.78 is 55.7. The van der Waals surface area contributed by atoms with Crippen molar-refractivity contribution >= 4 is 33.5 Å². The van der Waals surface area contributed by atoms with Gasteiger partial charge in [-0.1, -0.05) is 58.0 Å². The molecule has 3 aliphatic rings. The van der Waals surface area contributed by atoms with Crippen LogP contribution < -0.4 is 0 Å². The summed E-state index contributed by atoms with van der Waals surface area (Å²) in [5.41, 5.74) is -1.93.